The number of aromatic nitrogens is 8. The van der Waals surface area contributed by atoms with Gasteiger partial charge in [-0.2, -0.15) is 10.2 Å². The van der Waals surface area contributed by atoms with Crippen molar-refractivity contribution in [1.82, 2.24) is 45.0 Å². The zero-order chi connectivity index (χ0) is 32.7. The monoisotopic (exact) mass is 641 g/mol. The molecule has 4 aliphatic rings. The van der Waals surface area contributed by atoms with E-state index in [0.717, 1.165) is 83.6 Å². The first kappa shape index (κ1) is 30.7. The Bertz CT molecular complexity index is 1840. The van der Waals surface area contributed by atoms with Crippen LogP contribution in [0.3, 0.4) is 0 Å². The molecule has 1 amide bonds. The summed E-state index contributed by atoms with van der Waals surface area (Å²) in [6, 6.07) is 0.880. The first-order valence-electron chi connectivity index (χ1n) is 16.4. The summed E-state index contributed by atoms with van der Waals surface area (Å²) in [7, 11) is 3.56. The average molecular weight is 642 g/mol. The highest BCUT2D eigenvalue weighted by molar-refractivity contribution is 5.95. The number of aromatic carboxylic acids is 1. The van der Waals surface area contributed by atoms with Crippen molar-refractivity contribution in [3.63, 3.8) is 0 Å². The van der Waals surface area contributed by atoms with Gasteiger partial charge in [0, 0.05) is 49.7 Å². The summed E-state index contributed by atoms with van der Waals surface area (Å²) in [6.07, 6.45) is 16.2. The minimum Gasteiger partial charge on any atom is -0.476 e. The standard InChI is InChI=1S/C16H20N6O2.C16H19N5O2/c1-22-14-11(13(20-22)15(23)21-24)7-6-9-8-17-16(19-12(9)14)18-10-4-2-3-5-10;1-21-14-11(13(20-21)15(22)23)7-6-9-8-17-16(19-12(9)14)18-10-4-2-3-5-10/h8,10,24H,2-7H2,1H3,(H,21,23)(H,17,18,19);8,10H,2-7H2,1H3,(H,22,23)(H,17,18,19). The molecule has 2 saturated carbocycles. The number of nitrogens with zero attached hydrogens (tertiary/aromatic N) is 8. The summed E-state index contributed by atoms with van der Waals surface area (Å²) < 4.78 is 3.29. The fourth-order valence-corrected chi connectivity index (χ4v) is 7.36. The molecule has 47 heavy (non-hydrogen) atoms. The molecular weight excluding hydrogens is 602 g/mol. The van der Waals surface area contributed by atoms with Crippen LogP contribution in [-0.2, 0) is 39.8 Å². The van der Waals surface area contributed by atoms with Crippen LogP contribution in [0.1, 0.15) is 94.6 Å². The maximum atomic E-state index is 11.8. The predicted octanol–water partition coefficient (Wildman–Crippen LogP) is 3.48. The average Bonchev–Trinajstić information content (AvgIpc) is 3.89. The summed E-state index contributed by atoms with van der Waals surface area (Å²) in [5.41, 5.74) is 9.02. The van der Waals surface area contributed by atoms with Gasteiger partial charge in [0.2, 0.25) is 11.9 Å². The minimum absolute atomic E-state index is 0.136. The van der Waals surface area contributed by atoms with Crippen LogP contribution in [0.15, 0.2) is 12.4 Å². The van der Waals surface area contributed by atoms with E-state index in [1.165, 1.54) is 25.7 Å². The van der Waals surface area contributed by atoms with Crippen LogP contribution in [0.5, 0.6) is 0 Å². The van der Waals surface area contributed by atoms with Crippen molar-refractivity contribution in [3.05, 3.63) is 46.0 Å². The molecule has 246 valence electrons. The molecule has 0 radical (unpaired) electrons. The molecule has 5 N–H and O–H groups in total. The molecular formula is C32H39N11O4. The lowest BCUT2D eigenvalue weighted by Gasteiger charge is -2.18. The third kappa shape index (κ3) is 5.90. The Hall–Kier alpha value is -4.92. The smallest absolute Gasteiger partial charge is 0.356 e. The van der Waals surface area contributed by atoms with Gasteiger partial charge in [-0.05, 0) is 62.5 Å². The Morgan fingerprint density at radius 3 is 1.62 bits per heavy atom. The SMILES string of the molecule is Cn1nc(C(=O)NO)c2c1-c1nc(NC3CCCC3)ncc1CC2.Cn1nc(C(=O)O)c2c1-c1nc(NC3CCCC3)ncc1CC2. The number of carbonyl (C=O) groups excluding carboxylic acids is 1. The Morgan fingerprint density at radius 2 is 1.17 bits per heavy atom. The van der Waals surface area contributed by atoms with Crippen LogP contribution in [0.2, 0.25) is 0 Å². The molecule has 2 fully saturated rings. The Kier molecular flexibility index (Phi) is 8.30. The summed E-state index contributed by atoms with van der Waals surface area (Å²) in [5.74, 6) is -0.318. The second-order valence-corrected chi connectivity index (χ2v) is 12.7. The molecule has 15 heteroatoms. The number of fused-ring (bicyclic) bond motifs is 6. The zero-order valence-corrected chi connectivity index (χ0v) is 26.6. The number of carboxylic acids is 1. The van der Waals surface area contributed by atoms with Crippen LogP contribution in [-0.4, -0.2) is 73.8 Å². The summed E-state index contributed by atoms with van der Waals surface area (Å²) in [4.78, 5) is 41.5. The van der Waals surface area contributed by atoms with E-state index in [-0.39, 0.29) is 11.4 Å². The van der Waals surface area contributed by atoms with Crippen LogP contribution in [0.4, 0.5) is 11.9 Å². The summed E-state index contributed by atoms with van der Waals surface area (Å²) >= 11 is 0. The number of carbonyl (C=O) groups is 2. The third-order valence-corrected chi connectivity index (χ3v) is 9.65. The van der Waals surface area contributed by atoms with E-state index < -0.39 is 11.9 Å². The van der Waals surface area contributed by atoms with Gasteiger partial charge in [0.05, 0.1) is 22.8 Å². The second-order valence-electron chi connectivity index (χ2n) is 12.7. The number of carboxylic acid groups (broad SMARTS) is 1. The lowest BCUT2D eigenvalue weighted by atomic mass is 9.93. The molecule has 4 heterocycles. The number of hydrogen-bond acceptors (Lipinski definition) is 11. The highest BCUT2D eigenvalue weighted by atomic mass is 16.5. The van der Waals surface area contributed by atoms with E-state index in [2.05, 4.69) is 35.8 Å². The molecule has 15 nitrogen and oxygen atoms in total. The molecule has 4 aromatic rings. The maximum absolute atomic E-state index is 11.8. The Labute approximate surface area is 271 Å². The zero-order valence-electron chi connectivity index (χ0n) is 26.6. The number of aryl methyl sites for hydroxylation is 4. The molecule has 0 aliphatic heterocycles. The summed E-state index contributed by atoms with van der Waals surface area (Å²) in [6.45, 7) is 0. The van der Waals surface area contributed by atoms with Crippen molar-refractivity contribution in [3.8, 4) is 22.8 Å². The molecule has 0 bridgehead atoms. The van der Waals surface area contributed by atoms with Gasteiger partial charge in [-0.3, -0.25) is 19.4 Å². The van der Waals surface area contributed by atoms with Crippen LogP contribution in [0.25, 0.3) is 22.8 Å². The fourth-order valence-electron chi connectivity index (χ4n) is 7.36. The largest absolute Gasteiger partial charge is 0.476 e. The van der Waals surface area contributed by atoms with Gasteiger partial charge in [0.1, 0.15) is 0 Å². The van der Waals surface area contributed by atoms with E-state index in [9.17, 15) is 14.7 Å². The van der Waals surface area contributed by atoms with E-state index in [0.29, 0.717) is 36.8 Å². The van der Waals surface area contributed by atoms with E-state index in [1.54, 1.807) is 28.9 Å². The number of amides is 1. The maximum Gasteiger partial charge on any atom is 0.356 e. The van der Waals surface area contributed by atoms with Gasteiger partial charge in [-0.1, -0.05) is 25.7 Å². The summed E-state index contributed by atoms with van der Waals surface area (Å²) in [5, 5.41) is 33.5. The van der Waals surface area contributed by atoms with Gasteiger partial charge < -0.3 is 15.7 Å². The molecule has 0 atom stereocenters. The van der Waals surface area contributed by atoms with Gasteiger partial charge >= 0.3 is 5.97 Å². The van der Waals surface area contributed by atoms with E-state index in [4.69, 9.17) is 10.2 Å². The Morgan fingerprint density at radius 1 is 0.723 bits per heavy atom. The highest BCUT2D eigenvalue weighted by Crippen LogP contribution is 2.35. The molecule has 4 aromatic heterocycles. The molecule has 0 aromatic carbocycles. The lowest BCUT2D eigenvalue weighted by Crippen LogP contribution is -2.21. The molecule has 8 rings (SSSR count). The van der Waals surface area contributed by atoms with Crippen molar-refractivity contribution >= 4 is 23.8 Å². The van der Waals surface area contributed by atoms with Crippen LogP contribution >= 0.6 is 0 Å². The van der Waals surface area contributed by atoms with Crippen molar-refractivity contribution in [2.24, 2.45) is 14.1 Å². The van der Waals surface area contributed by atoms with E-state index in [1.807, 2.05) is 12.4 Å². The van der Waals surface area contributed by atoms with Crippen molar-refractivity contribution in [1.29, 1.82) is 0 Å². The van der Waals surface area contributed by atoms with Crippen molar-refractivity contribution < 1.29 is 19.9 Å². The minimum atomic E-state index is -0.983. The van der Waals surface area contributed by atoms with Crippen LogP contribution in [0, 0.1) is 0 Å². The number of hydrogen-bond donors (Lipinski definition) is 5. The third-order valence-electron chi connectivity index (χ3n) is 9.65. The van der Waals surface area contributed by atoms with Crippen molar-refractivity contribution in [2.75, 3.05) is 10.6 Å². The number of anilines is 2. The quantitative estimate of drug-likeness (QED) is 0.152. The van der Waals surface area contributed by atoms with E-state index >= 15 is 0 Å². The van der Waals surface area contributed by atoms with Gasteiger partial charge in [0.15, 0.2) is 11.4 Å². The number of nitrogens with one attached hydrogen (secondary N) is 3. The van der Waals surface area contributed by atoms with Crippen molar-refractivity contribution in [2.45, 2.75) is 89.1 Å². The molecule has 4 aliphatic carbocycles. The molecule has 0 saturated heterocycles. The van der Waals surface area contributed by atoms with Gasteiger partial charge in [-0.25, -0.2) is 30.2 Å². The second kappa shape index (κ2) is 12.7. The van der Waals surface area contributed by atoms with Gasteiger partial charge in [0.25, 0.3) is 5.91 Å². The molecule has 0 unspecified atom stereocenters. The van der Waals surface area contributed by atoms with Crippen LogP contribution < -0.4 is 16.1 Å². The number of rotatable bonds is 6. The highest BCUT2D eigenvalue weighted by Gasteiger charge is 2.30. The number of hydroxylamine groups is 1. The lowest BCUT2D eigenvalue weighted by molar-refractivity contribution is 0.0685. The topological polar surface area (TPSA) is 198 Å². The first-order chi connectivity index (χ1) is 22.8. The Balaban J connectivity index is 0.000000150. The molecule has 0 spiro atoms. The normalized spacial score (nSPS) is 16.7. The first-order valence-corrected chi connectivity index (χ1v) is 16.4. The predicted molar refractivity (Wildman–Crippen MR) is 171 cm³/mol. The van der Waals surface area contributed by atoms with Gasteiger partial charge in [-0.15, -0.1) is 0 Å². The fraction of sp³-hybridized carbons (Fsp3) is 0.500.